The molecule has 0 aromatic heterocycles. The quantitative estimate of drug-likeness (QED) is 0.603. The molecule has 104 valence electrons. The van der Waals surface area contributed by atoms with Gasteiger partial charge in [-0.05, 0) is 39.5 Å². The molecule has 0 spiro atoms. The van der Waals surface area contributed by atoms with Crippen molar-refractivity contribution in [2.45, 2.75) is 40.5 Å². The number of ketones is 2. The standard InChI is InChI=1S/C15H21NO3/c1-8(2)6-5-7-9(3)11-12(16)13(17)10(4)14(18)15(11)19/h6,9,18H,5,7,16H2,1-4H3/t9-/m1/s1. The Labute approximate surface area is 113 Å². The first-order valence-electron chi connectivity index (χ1n) is 6.39. The molecule has 0 saturated carbocycles. The van der Waals surface area contributed by atoms with Crippen molar-refractivity contribution >= 4 is 11.6 Å². The molecule has 0 unspecified atom stereocenters. The van der Waals surface area contributed by atoms with E-state index in [1.165, 1.54) is 12.5 Å². The molecule has 1 atom stereocenters. The first kappa shape index (κ1) is 15.2. The number of carbonyl (C=O) groups excluding carboxylic acids is 2. The third-order valence-electron chi connectivity index (χ3n) is 3.34. The highest BCUT2D eigenvalue weighted by atomic mass is 16.3. The summed E-state index contributed by atoms with van der Waals surface area (Å²) in [5.41, 5.74) is 7.21. The molecule has 0 bridgehead atoms. The molecule has 0 saturated heterocycles. The maximum Gasteiger partial charge on any atom is 0.226 e. The molecule has 1 aliphatic carbocycles. The van der Waals surface area contributed by atoms with Crippen molar-refractivity contribution in [2.75, 3.05) is 0 Å². The minimum Gasteiger partial charge on any atom is -0.504 e. The lowest BCUT2D eigenvalue weighted by Crippen LogP contribution is -2.30. The highest BCUT2D eigenvalue weighted by Crippen LogP contribution is 2.28. The predicted octanol–water partition coefficient (Wildman–Crippen LogP) is 2.57. The minimum absolute atomic E-state index is 0.0231. The normalized spacial score (nSPS) is 17.9. The second kappa shape index (κ2) is 5.87. The number of allylic oxidation sites excluding steroid dienone is 4. The zero-order chi connectivity index (χ0) is 14.7. The summed E-state index contributed by atoms with van der Waals surface area (Å²) in [6.07, 6.45) is 3.60. The highest BCUT2D eigenvalue weighted by Gasteiger charge is 2.33. The zero-order valence-electron chi connectivity index (χ0n) is 11.9. The number of Topliss-reactive ketones (excluding diaryl/α,β-unsaturated/α-hetero) is 2. The maximum absolute atomic E-state index is 12.0. The van der Waals surface area contributed by atoms with Gasteiger partial charge in [-0.25, -0.2) is 0 Å². The van der Waals surface area contributed by atoms with E-state index in [4.69, 9.17) is 5.73 Å². The lowest BCUT2D eigenvalue weighted by Gasteiger charge is -2.21. The number of hydrogen-bond donors (Lipinski definition) is 2. The summed E-state index contributed by atoms with van der Waals surface area (Å²) in [7, 11) is 0. The molecule has 4 heteroatoms. The Morgan fingerprint density at radius 3 is 2.42 bits per heavy atom. The number of rotatable bonds is 4. The first-order chi connectivity index (χ1) is 8.77. The van der Waals surface area contributed by atoms with Gasteiger partial charge >= 0.3 is 0 Å². The highest BCUT2D eigenvalue weighted by molar-refractivity contribution is 6.23. The molecule has 1 aliphatic rings. The molecule has 19 heavy (non-hydrogen) atoms. The number of carbonyl (C=O) groups is 2. The van der Waals surface area contributed by atoms with E-state index in [0.29, 0.717) is 6.42 Å². The van der Waals surface area contributed by atoms with Crippen LogP contribution in [0, 0.1) is 5.92 Å². The Morgan fingerprint density at radius 1 is 1.32 bits per heavy atom. The van der Waals surface area contributed by atoms with Crippen LogP contribution in [-0.4, -0.2) is 16.7 Å². The average molecular weight is 263 g/mol. The van der Waals surface area contributed by atoms with E-state index in [-0.39, 0.29) is 22.8 Å². The van der Waals surface area contributed by atoms with E-state index in [9.17, 15) is 14.7 Å². The molecule has 0 heterocycles. The van der Waals surface area contributed by atoms with Crippen LogP contribution in [0.3, 0.4) is 0 Å². The molecule has 3 N–H and O–H groups in total. The Morgan fingerprint density at radius 2 is 1.89 bits per heavy atom. The van der Waals surface area contributed by atoms with Gasteiger partial charge in [0.1, 0.15) is 0 Å². The van der Waals surface area contributed by atoms with Crippen LogP contribution in [0.1, 0.15) is 40.5 Å². The second-order valence-electron chi connectivity index (χ2n) is 5.22. The van der Waals surface area contributed by atoms with Crippen molar-refractivity contribution in [3.05, 3.63) is 34.3 Å². The van der Waals surface area contributed by atoms with E-state index in [0.717, 1.165) is 6.42 Å². The third kappa shape index (κ3) is 3.13. The van der Waals surface area contributed by atoms with Gasteiger partial charge < -0.3 is 10.8 Å². The molecule has 0 aromatic carbocycles. The van der Waals surface area contributed by atoms with E-state index >= 15 is 0 Å². The molecule has 0 radical (unpaired) electrons. The van der Waals surface area contributed by atoms with Crippen molar-refractivity contribution in [1.29, 1.82) is 0 Å². The summed E-state index contributed by atoms with van der Waals surface area (Å²) >= 11 is 0. The molecule has 0 aromatic rings. The number of nitrogens with two attached hydrogens (primary N) is 1. The lowest BCUT2D eigenvalue weighted by molar-refractivity contribution is -0.118. The number of aliphatic hydroxyl groups excluding tert-OH is 1. The monoisotopic (exact) mass is 263 g/mol. The zero-order valence-corrected chi connectivity index (χ0v) is 11.9. The van der Waals surface area contributed by atoms with E-state index in [2.05, 4.69) is 6.08 Å². The molecule has 0 amide bonds. The van der Waals surface area contributed by atoms with Gasteiger partial charge in [0.15, 0.2) is 5.76 Å². The van der Waals surface area contributed by atoms with E-state index in [1.807, 2.05) is 20.8 Å². The largest absolute Gasteiger partial charge is 0.504 e. The van der Waals surface area contributed by atoms with Gasteiger partial charge in [0.05, 0.1) is 5.70 Å². The van der Waals surface area contributed by atoms with Crippen LogP contribution in [0.5, 0.6) is 0 Å². The van der Waals surface area contributed by atoms with Crippen molar-refractivity contribution in [1.82, 2.24) is 0 Å². The maximum atomic E-state index is 12.0. The van der Waals surface area contributed by atoms with Crippen LogP contribution in [-0.2, 0) is 9.59 Å². The Balaban J connectivity index is 2.96. The summed E-state index contributed by atoms with van der Waals surface area (Å²) in [5.74, 6) is -1.58. The molecular formula is C15H21NO3. The predicted molar refractivity (Wildman–Crippen MR) is 74.4 cm³/mol. The van der Waals surface area contributed by atoms with Gasteiger partial charge in [0.2, 0.25) is 11.6 Å². The summed E-state index contributed by atoms with van der Waals surface area (Å²) < 4.78 is 0. The summed E-state index contributed by atoms with van der Waals surface area (Å²) in [6.45, 7) is 7.27. The van der Waals surface area contributed by atoms with Crippen LogP contribution in [0.25, 0.3) is 0 Å². The summed E-state index contributed by atoms with van der Waals surface area (Å²) in [6, 6.07) is 0. The van der Waals surface area contributed by atoms with Crippen molar-refractivity contribution in [2.24, 2.45) is 11.7 Å². The van der Waals surface area contributed by atoms with Gasteiger partial charge in [0, 0.05) is 11.1 Å². The lowest BCUT2D eigenvalue weighted by atomic mass is 9.84. The molecule has 0 aliphatic heterocycles. The third-order valence-corrected chi connectivity index (χ3v) is 3.34. The molecule has 4 nitrogen and oxygen atoms in total. The van der Waals surface area contributed by atoms with Crippen LogP contribution in [0.2, 0.25) is 0 Å². The van der Waals surface area contributed by atoms with Crippen LogP contribution >= 0.6 is 0 Å². The fourth-order valence-corrected chi connectivity index (χ4v) is 2.11. The Bertz CT molecular complexity index is 505. The van der Waals surface area contributed by atoms with Gasteiger partial charge in [-0.2, -0.15) is 0 Å². The topological polar surface area (TPSA) is 80.4 Å². The SMILES string of the molecule is CC(C)=CCC[C@@H](C)C1=C(N)C(=O)C(C)=C(O)C1=O. The van der Waals surface area contributed by atoms with Crippen LogP contribution in [0.15, 0.2) is 34.3 Å². The van der Waals surface area contributed by atoms with Gasteiger partial charge in [-0.15, -0.1) is 0 Å². The second-order valence-corrected chi connectivity index (χ2v) is 5.22. The van der Waals surface area contributed by atoms with Gasteiger partial charge in [-0.1, -0.05) is 18.6 Å². The first-order valence-corrected chi connectivity index (χ1v) is 6.39. The molecule has 1 rings (SSSR count). The number of aliphatic hydroxyl groups is 1. The fraction of sp³-hybridized carbons (Fsp3) is 0.467. The summed E-state index contributed by atoms with van der Waals surface area (Å²) in [5, 5.41) is 9.67. The fourth-order valence-electron chi connectivity index (χ4n) is 2.11. The molecule has 0 fully saturated rings. The Hall–Kier alpha value is -1.84. The van der Waals surface area contributed by atoms with Crippen LogP contribution in [0.4, 0.5) is 0 Å². The summed E-state index contributed by atoms with van der Waals surface area (Å²) in [4.78, 5) is 23.8. The van der Waals surface area contributed by atoms with Gasteiger partial charge in [0.25, 0.3) is 0 Å². The van der Waals surface area contributed by atoms with Gasteiger partial charge in [-0.3, -0.25) is 9.59 Å². The number of hydrogen-bond acceptors (Lipinski definition) is 4. The van der Waals surface area contributed by atoms with E-state index in [1.54, 1.807) is 0 Å². The smallest absolute Gasteiger partial charge is 0.226 e. The Kier molecular flexibility index (Phi) is 4.70. The average Bonchev–Trinajstić information content (AvgIpc) is 2.34. The van der Waals surface area contributed by atoms with Crippen molar-refractivity contribution < 1.29 is 14.7 Å². The minimum atomic E-state index is -0.515. The molecular weight excluding hydrogens is 242 g/mol. The van der Waals surface area contributed by atoms with Crippen molar-refractivity contribution in [3.63, 3.8) is 0 Å². The van der Waals surface area contributed by atoms with Crippen molar-refractivity contribution in [3.8, 4) is 0 Å². The van der Waals surface area contributed by atoms with Crippen LogP contribution < -0.4 is 5.73 Å². The van der Waals surface area contributed by atoms with E-state index < -0.39 is 17.3 Å².